The Morgan fingerprint density at radius 3 is 3.00 bits per heavy atom. The van der Waals surface area contributed by atoms with E-state index in [1.165, 1.54) is 11.1 Å². The highest BCUT2D eigenvalue weighted by molar-refractivity contribution is 7.16. The Labute approximate surface area is 122 Å². The lowest BCUT2D eigenvalue weighted by atomic mass is 9.88. The molecule has 0 fully saturated rings. The van der Waals surface area contributed by atoms with Crippen LogP contribution in [-0.4, -0.2) is 0 Å². The predicted octanol–water partition coefficient (Wildman–Crippen LogP) is 4.32. The SMILES string of the molecule is NC1CCCc2c(OCc3ccc(Cl)s3)cccc21. The maximum absolute atomic E-state index is 6.15. The van der Waals surface area contributed by atoms with Gasteiger partial charge in [-0.05, 0) is 48.6 Å². The van der Waals surface area contributed by atoms with Crippen molar-refractivity contribution in [3.8, 4) is 5.75 Å². The van der Waals surface area contributed by atoms with E-state index in [2.05, 4.69) is 6.07 Å². The second-order valence-corrected chi connectivity index (χ2v) is 6.62. The summed E-state index contributed by atoms with van der Waals surface area (Å²) >= 11 is 7.48. The minimum atomic E-state index is 0.156. The summed E-state index contributed by atoms with van der Waals surface area (Å²) in [5, 5.41) is 0. The molecule has 0 aliphatic heterocycles. The summed E-state index contributed by atoms with van der Waals surface area (Å²) < 4.78 is 6.75. The van der Waals surface area contributed by atoms with Crippen molar-refractivity contribution < 1.29 is 4.74 Å². The van der Waals surface area contributed by atoms with Crippen molar-refractivity contribution >= 4 is 22.9 Å². The second kappa shape index (κ2) is 5.53. The van der Waals surface area contributed by atoms with E-state index in [0.29, 0.717) is 6.61 Å². The number of halogens is 1. The molecule has 1 heterocycles. The Kier molecular flexibility index (Phi) is 3.78. The standard InChI is InChI=1S/C15H16ClNOS/c16-15-8-7-10(19-15)9-18-14-6-2-3-11-12(14)4-1-5-13(11)17/h2-3,6-8,13H,1,4-5,9,17H2. The van der Waals surface area contributed by atoms with Crippen molar-refractivity contribution in [2.24, 2.45) is 5.73 Å². The quantitative estimate of drug-likeness (QED) is 0.915. The summed E-state index contributed by atoms with van der Waals surface area (Å²) in [6.07, 6.45) is 3.26. The molecule has 0 saturated carbocycles. The van der Waals surface area contributed by atoms with Gasteiger partial charge in [0.15, 0.2) is 0 Å². The topological polar surface area (TPSA) is 35.2 Å². The van der Waals surface area contributed by atoms with Gasteiger partial charge in [-0.3, -0.25) is 0 Å². The highest BCUT2D eigenvalue weighted by Crippen LogP contribution is 2.34. The molecule has 19 heavy (non-hydrogen) atoms. The molecular formula is C15H16ClNOS. The third-order valence-electron chi connectivity index (χ3n) is 3.51. The van der Waals surface area contributed by atoms with Crippen LogP contribution in [-0.2, 0) is 13.0 Å². The summed E-state index contributed by atoms with van der Waals surface area (Å²) in [6, 6.07) is 10.2. The molecular weight excluding hydrogens is 278 g/mol. The molecule has 0 radical (unpaired) electrons. The minimum Gasteiger partial charge on any atom is -0.488 e. The fourth-order valence-electron chi connectivity index (χ4n) is 2.57. The first-order valence-electron chi connectivity index (χ1n) is 6.48. The smallest absolute Gasteiger partial charge is 0.123 e. The third-order valence-corrected chi connectivity index (χ3v) is 4.71. The van der Waals surface area contributed by atoms with Crippen LogP contribution in [0.15, 0.2) is 30.3 Å². The van der Waals surface area contributed by atoms with E-state index < -0.39 is 0 Å². The van der Waals surface area contributed by atoms with Gasteiger partial charge in [-0.15, -0.1) is 11.3 Å². The van der Waals surface area contributed by atoms with Crippen LogP contribution in [0.4, 0.5) is 0 Å². The Morgan fingerprint density at radius 1 is 1.32 bits per heavy atom. The monoisotopic (exact) mass is 293 g/mol. The lowest BCUT2D eigenvalue weighted by Gasteiger charge is -2.24. The summed E-state index contributed by atoms with van der Waals surface area (Å²) in [5.74, 6) is 0.970. The number of hydrogen-bond acceptors (Lipinski definition) is 3. The van der Waals surface area contributed by atoms with Crippen LogP contribution in [0.5, 0.6) is 5.75 Å². The largest absolute Gasteiger partial charge is 0.488 e. The molecule has 0 spiro atoms. The zero-order chi connectivity index (χ0) is 13.2. The number of thiophene rings is 1. The number of fused-ring (bicyclic) bond motifs is 1. The molecule has 100 valence electrons. The van der Waals surface area contributed by atoms with Gasteiger partial charge in [-0.25, -0.2) is 0 Å². The normalized spacial score (nSPS) is 18.1. The number of nitrogens with two attached hydrogens (primary N) is 1. The molecule has 1 aliphatic rings. The molecule has 0 amide bonds. The van der Waals surface area contributed by atoms with Crippen LogP contribution < -0.4 is 10.5 Å². The Balaban J connectivity index is 1.79. The average Bonchev–Trinajstić information content (AvgIpc) is 2.83. The van der Waals surface area contributed by atoms with Crippen molar-refractivity contribution in [3.05, 3.63) is 50.7 Å². The van der Waals surface area contributed by atoms with Gasteiger partial charge in [0.25, 0.3) is 0 Å². The lowest BCUT2D eigenvalue weighted by Crippen LogP contribution is -2.18. The summed E-state index contributed by atoms with van der Waals surface area (Å²) in [5.41, 5.74) is 8.68. The molecule has 2 nitrogen and oxygen atoms in total. The first-order valence-corrected chi connectivity index (χ1v) is 7.68. The van der Waals surface area contributed by atoms with E-state index in [0.717, 1.165) is 34.2 Å². The summed E-state index contributed by atoms with van der Waals surface area (Å²) in [4.78, 5) is 1.14. The molecule has 1 aliphatic carbocycles. The van der Waals surface area contributed by atoms with E-state index in [1.807, 2.05) is 24.3 Å². The van der Waals surface area contributed by atoms with E-state index >= 15 is 0 Å². The van der Waals surface area contributed by atoms with Crippen LogP contribution in [0.25, 0.3) is 0 Å². The van der Waals surface area contributed by atoms with Crippen molar-refractivity contribution in [3.63, 3.8) is 0 Å². The van der Waals surface area contributed by atoms with Gasteiger partial charge in [0.05, 0.1) is 4.34 Å². The molecule has 0 bridgehead atoms. The van der Waals surface area contributed by atoms with Gasteiger partial charge >= 0.3 is 0 Å². The third kappa shape index (κ3) is 2.78. The zero-order valence-corrected chi connectivity index (χ0v) is 12.1. The fraction of sp³-hybridized carbons (Fsp3) is 0.333. The Hall–Kier alpha value is -1.03. The summed E-state index contributed by atoms with van der Waals surface area (Å²) in [6.45, 7) is 0.572. The molecule has 4 heteroatoms. The molecule has 1 aromatic heterocycles. The molecule has 1 atom stereocenters. The van der Waals surface area contributed by atoms with E-state index in [9.17, 15) is 0 Å². The van der Waals surface area contributed by atoms with Crippen LogP contribution in [0.3, 0.4) is 0 Å². The Bertz CT molecular complexity index is 581. The first-order chi connectivity index (χ1) is 9.24. The molecule has 1 aromatic carbocycles. The fourth-order valence-corrected chi connectivity index (χ4v) is 3.57. The Morgan fingerprint density at radius 2 is 2.21 bits per heavy atom. The number of ether oxygens (including phenoxy) is 1. The second-order valence-electron chi connectivity index (χ2n) is 4.82. The van der Waals surface area contributed by atoms with E-state index in [4.69, 9.17) is 22.1 Å². The molecule has 2 aromatic rings. The van der Waals surface area contributed by atoms with Gasteiger partial charge in [-0.1, -0.05) is 23.7 Å². The first kappa shape index (κ1) is 13.0. The van der Waals surface area contributed by atoms with Gasteiger partial charge in [0.2, 0.25) is 0 Å². The minimum absolute atomic E-state index is 0.156. The predicted molar refractivity (Wildman–Crippen MR) is 80.0 cm³/mol. The van der Waals surface area contributed by atoms with Crippen molar-refractivity contribution in [2.75, 3.05) is 0 Å². The van der Waals surface area contributed by atoms with Gasteiger partial charge < -0.3 is 10.5 Å². The average molecular weight is 294 g/mol. The van der Waals surface area contributed by atoms with Crippen molar-refractivity contribution in [2.45, 2.75) is 31.9 Å². The highest BCUT2D eigenvalue weighted by atomic mass is 35.5. The molecule has 2 N–H and O–H groups in total. The van der Waals surface area contributed by atoms with Crippen LogP contribution in [0, 0.1) is 0 Å². The van der Waals surface area contributed by atoms with Gasteiger partial charge in [0, 0.05) is 10.9 Å². The van der Waals surface area contributed by atoms with Gasteiger partial charge in [-0.2, -0.15) is 0 Å². The van der Waals surface area contributed by atoms with Gasteiger partial charge in [0.1, 0.15) is 12.4 Å². The summed E-state index contributed by atoms with van der Waals surface area (Å²) in [7, 11) is 0. The van der Waals surface area contributed by atoms with E-state index in [1.54, 1.807) is 11.3 Å². The number of hydrogen-bond donors (Lipinski definition) is 1. The molecule has 0 saturated heterocycles. The zero-order valence-electron chi connectivity index (χ0n) is 10.6. The van der Waals surface area contributed by atoms with Crippen LogP contribution in [0.2, 0.25) is 4.34 Å². The van der Waals surface area contributed by atoms with Crippen LogP contribution in [0.1, 0.15) is 34.9 Å². The lowest BCUT2D eigenvalue weighted by molar-refractivity contribution is 0.304. The maximum atomic E-state index is 6.15. The highest BCUT2D eigenvalue weighted by Gasteiger charge is 2.19. The number of rotatable bonds is 3. The molecule has 3 rings (SSSR count). The van der Waals surface area contributed by atoms with Crippen LogP contribution >= 0.6 is 22.9 Å². The molecule has 1 unspecified atom stereocenters. The van der Waals surface area contributed by atoms with Crippen molar-refractivity contribution in [1.29, 1.82) is 0 Å². The van der Waals surface area contributed by atoms with Crippen molar-refractivity contribution in [1.82, 2.24) is 0 Å². The van der Waals surface area contributed by atoms with E-state index in [-0.39, 0.29) is 6.04 Å². The number of benzene rings is 1. The maximum Gasteiger partial charge on any atom is 0.123 e.